The van der Waals surface area contributed by atoms with Crippen LogP contribution in [0, 0.1) is 11.8 Å². The van der Waals surface area contributed by atoms with Gasteiger partial charge in [0.2, 0.25) is 11.8 Å². The lowest BCUT2D eigenvalue weighted by Crippen LogP contribution is -2.43. The van der Waals surface area contributed by atoms with E-state index in [9.17, 15) is 9.59 Å². The van der Waals surface area contributed by atoms with Crippen molar-refractivity contribution in [1.82, 2.24) is 4.90 Å². The fraction of sp³-hybridized carbons (Fsp3) is 0.500. The molecule has 2 aliphatic heterocycles. The zero-order valence-electron chi connectivity index (χ0n) is 14.9. The molecule has 3 rings (SSSR count). The van der Waals surface area contributed by atoms with Gasteiger partial charge in [0.15, 0.2) is 0 Å². The molecule has 2 amide bonds. The molecule has 0 aromatic heterocycles. The second-order valence-corrected chi connectivity index (χ2v) is 7.41. The Kier molecular flexibility index (Phi) is 6.33. The number of anilines is 1. The molecule has 2 saturated heterocycles. The van der Waals surface area contributed by atoms with Crippen molar-refractivity contribution >= 4 is 29.1 Å². The van der Waals surface area contributed by atoms with Gasteiger partial charge in [0, 0.05) is 43.4 Å². The highest BCUT2D eigenvalue weighted by Crippen LogP contribution is 2.28. The Morgan fingerprint density at radius 1 is 1.27 bits per heavy atom. The van der Waals surface area contributed by atoms with Gasteiger partial charge in [0.1, 0.15) is 0 Å². The average molecular weight is 377 g/mol. The number of carbonyl (C=O) groups is 2. The molecule has 140 valence electrons. The van der Waals surface area contributed by atoms with Crippen LogP contribution in [0.4, 0.5) is 5.69 Å². The van der Waals surface area contributed by atoms with Gasteiger partial charge in [-0.05, 0) is 43.0 Å². The maximum Gasteiger partial charge on any atom is 0.228 e. The number of ether oxygens (including phenoxy) is 1. The lowest BCUT2D eigenvalue weighted by atomic mass is 9.96. The lowest BCUT2D eigenvalue weighted by molar-refractivity contribution is -0.137. The van der Waals surface area contributed by atoms with Crippen LogP contribution in [0.2, 0.25) is 5.02 Å². The molecular weight excluding hydrogens is 352 g/mol. The van der Waals surface area contributed by atoms with Gasteiger partial charge >= 0.3 is 0 Å². The highest BCUT2D eigenvalue weighted by Gasteiger charge is 2.38. The monoisotopic (exact) mass is 376 g/mol. The molecule has 6 heteroatoms. The van der Waals surface area contributed by atoms with Crippen LogP contribution >= 0.6 is 11.6 Å². The third kappa shape index (κ3) is 4.46. The number of likely N-dealkylation sites (tertiary alicyclic amines) is 1. The van der Waals surface area contributed by atoms with Gasteiger partial charge in [-0.25, -0.2) is 0 Å². The van der Waals surface area contributed by atoms with E-state index < -0.39 is 0 Å². The molecule has 0 saturated carbocycles. The zero-order valence-corrected chi connectivity index (χ0v) is 15.7. The predicted molar refractivity (Wildman–Crippen MR) is 102 cm³/mol. The van der Waals surface area contributed by atoms with Gasteiger partial charge in [-0.15, -0.1) is 6.58 Å². The first kappa shape index (κ1) is 18.9. The van der Waals surface area contributed by atoms with E-state index in [0.29, 0.717) is 24.1 Å². The van der Waals surface area contributed by atoms with Crippen LogP contribution in [0.25, 0.3) is 0 Å². The van der Waals surface area contributed by atoms with Crippen molar-refractivity contribution in [2.45, 2.75) is 19.3 Å². The number of carbonyl (C=O) groups excluding carboxylic acids is 2. The molecule has 1 unspecified atom stereocenters. The molecule has 0 N–H and O–H groups in total. The van der Waals surface area contributed by atoms with Gasteiger partial charge < -0.3 is 14.5 Å². The Balaban J connectivity index is 1.52. The molecule has 0 spiro atoms. The quantitative estimate of drug-likeness (QED) is 0.566. The standard InChI is InChI=1S/C20H25ClN2O3/c1-2-11-26-14-15-7-9-22(10-8-15)20(25)16-12-19(24)23(13-16)18-5-3-17(21)4-6-18/h2-6,15-16H,1,7-14H2. The Morgan fingerprint density at radius 2 is 1.96 bits per heavy atom. The fourth-order valence-electron chi connectivity index (χ4n) is 3.64. The Bertz CT molecular complexity index is 654. The number of hydrogen-bond donors (Lipinski definition) is 0. The van der Waals surface area contributed by atoms with Gasteiger partial charge in [-0.2, -0.15) is 0 Å². The zero-order chi connectivity index (χ0) is 18.5. The SMILES string of the molecule is C=CCOCC1CCN(C(=O)C2CC(=O)N(c3ccc(Cl)cc3)C2)CC1. The van der Waals surface area contributed by atoms with Crippen molar-refractivity contribution in [3.8, 4) is 0 Å². The summed E-state index contributed by atoms with van der Waals surface area (Å²) >= 11 is 5.91. The van der Waals surface area contributed by atoms with Crippen LogP contribution in [-0.4, -0.2) is 49.6 Å². The van der Waals surface area contributed by atoms with E-state index in [4.69, 9.17) is 16.3 Å². The van der Waals surface area contributed by atoms with E-state index in [1.54, 1.807) is 23.1 Å². The molecular formula is C20H25ClN2O3. The normalized spacial score (nSPS) is 21.3. The summed E-state index contributed by atoms with van der Waals surface area (Å²) in [6.45, 7) is 6.87. The molecule has 1 atom stereocenters. The number of hydrogen-bond acceptors (Lipinski definition) is 3. The average Bonchev–Trinajstić information content (AvgIpc) is 3.04. The molecule has 0 radical (unpaired) electrons. The van der Waals surface area contributed by atoms with Crippen LogP contribution < -0.4 is 4.90 Å². The number of benzene rings is 1. The van der Waals surface area contributed by atoms with Crippen molar-refractivity contribution in [2.75, 3.05) is 37.7 Å². The molecule has 26 heavy (non-hydrogen) atoms. The van der Waals surface area contributed by atoms with Crippen molar-refractivity contribution in [3.63, 3.8) is 0 Å². The third-order valence-corrected chi connectivity index (χ3v) is 5.38. The summed E-state index contributed by atoms with van der Waals surface area (Å²) in [6.07, 6.45) is 3.93. The van der Waals surface area contributed by atoms with Crippen molar-refractivity contribution < 1.29 is 14.3 Å². The molecule has 1 aromatic rings. The topological polar surface area (TPSA) is 49.9 Å². The van der Waals surface area contributed by atoms with E-state index >= 15 is 0 Å². The van der Waals surface area contributed by atoms with Crippen molar-refractivity contribution in [3.05, 3.63) is 41.9 Å². The third-order valence-electron chi connectivity index (χ3n) is 5.13. The summed E-state index contributed by atoms with van der Waals surface area (Å²) in [5.74, 6) is 0.333. The van der Waals surface area contributed by atoms with Crippen LogP contribution in [0.15, 0.2) is 36.9 Å². The van der Waals surface area contributed by atoms with Gasteiger partial charge in [-0.3, -0.25) is 9.59 Å². The van der Waals surface area contributed by atoms with Crippen molar-refractivity contribution in [2.24, 2.45) is 11.8 Å². The number of piperidine rings is 1. The molecule has 0 aliphatic carbocycles. The molecule has 2 aliphatic rings. The minimum absolute atomic E-state index is 0.00150. The number of halogens is 1. The highest BCUT2D eigenvalue weighted by atomic mass is 35.5. The minimum atomic E-state index is -0.258. The Morgan fingerprint density at radius 3 is 2.62 bits per heavy atom. The number of amides is 2. The lowest BCUT2D eigenvalue weighted by Gasteiger charge is -2.33. The van der Waals surface area contributed by atoms with Gasteiger partial charge in [0.25, 0.3) is 0 Å². The Hall–Kier alpha value is -1.85. The largest absolute Gasteiger partial charge is 0.377 e. The summed E-state index contributed by atoms with van der Waals surface area (Å²) < 4.78 is 5.52. The van der Waals surface area contributed by atoms with Crippen LogP contribution in [0.3, 0.4) is 0 Å². The summed E-state index contributed by atoms with van der Waals surface area (Å²) in [5.41, 5.74) is 0.799. The summed E-state index contributed by atoms with van der Waals surface area (Å²) in [5, 5.41) is 0.632. The maximum atomic E-state index is 12.8. The van der Waals surface area contributed by atoms with Crippen LogP contribution in [0.5, 0.6) is 0 Å². The molecule has 2 heterocycles. The van der Waals surface area contributed by atoms with E-state index in [2.05, 4.69) is 6.58 Å². The van der Waals surface area contributed by atoms with E-state index in [1.165, 1.54) is 0 Å². The van der Waals surface area contributed by atoms with Crippen LogP contribution in [-0.2, 0) is 14.3 Å². The summed E-state index contributed by atoms with van der Waals surface area (Å²) in [4.78, 5) is 28.8. The predicted octanol–water partition coefficient (Wildman–Crippen LogP) is 3.13. The smallest absolute Gasteiger partial charge is 0.228 e. The van der Waals surface area contributed by atoms with Crippen molar-refractivity contribution in [1.29, 1.82) is 0 Å². The van der Waals surface area contributed by atoms with Gasteiger partial charge in [-0.1, -0.05) is 17.7 Å². The first-order chi connectivity index (χ1) is 12.6. The molecule has 0 bridgehead atoms. The van der Waals surface area contributed by atoms with Crippen LogP contribution in [0.1, 0.15) is 19.3 Å². The first-order valence-corrected chi connectivity index (χ1v) is 9.49. The van der Waals surface area contributed by atoms with Gasteiger partial charge in [0.05, 0.1) is 12.5 Å². The maximum absolute atomic E-state index is 12.8. The molecule has 2 fully saturated rings. The summed E-state index contributed by atoms with van der Waals surface area (Å²) in [7, 11) is 0. The fourth-order valence-corrected chi connectivity index (χ4v) is 3.77. The number of nitrogens with zero attached hydrogens (tertiary/aromatic N) is 2. The van der Waals surface area contributed by atoms with E-state index in [0.717, 1.165) is 38.2 Å². The van der Waals surface area contributed by atoms with E-state index in [-0.39, 0.29) is 24.2 Å². The minimum Gasteiger partial charge on any atom is -0.377 e. The second kappa shape index (κ2) is 8.69. The second-order valence-electron chi connectivity index (χ2n) is 6.98. The summed E-state index contributed by atoms with van der Waals surface area (Å²) in [6, 6.07) is 7.17. The first-order valence-electron chi connectivity index (χ1n) is 9.12. The molecule has 5 nitrogen and oxygen atoms in total. The highest BCUT2D eigenvalue weighted by molar-refractivity contribution is 6.30. The van der Waals surface area contributed by atoms with E-state index in [1.807, 2.05) is 17.0 Å². The number of rotatable bonds is 6. The molecule has 1 aromatic carbocycles. The Labute approximate surface area is 159 Å².